The SMILES string of the molecule is COc1cc2ncsc2cc1-c1cn(COCC[Si](C)(C)C)c2nc(N)ccc12. The van der Waals surface area contributed by atoms with E-state index in [9.17, 15) is 0 Å². The second-order valence-electron chi connectivity index (χ2n) is 8.34. The Bertz CT molecular complexity index is 1160. The van der Waals surface area contributed by atoms with E-state index in [1.807, 2.05) is 28.3 Å². The van der Waals surface area contributed by atoms with Crippen LogP contribution in [0.1, 0.15) is 0 Å². The standard InChI is InChI=1S/C21H26N4O2SSi/c1-26-18-10-17-19(28-12-23-17)9-15(18)16-11-25(13-27-7-8-29(2,3)4)21-14(16)5-6-20(22)24-21/h5-6,9-12H,7-8,13H2,1-4H3,(H2,22,24). The lowest BCUT2D eigenvalue weighted by Gasteiger charge is -2.15. The number of nitrogen functional groups attached to an aromatic ring is 1. The molecule has 2 N–H and O–H groups in total. The van der Waals surface area contributed by atoms with Gasteiger partial charge in [0.1, 0.15) is 23.9 Å². The van der Waals surface area contributed by atoms with Gasteiger partial charge in [-0.1, -0.05) is 19.6 Å². The molecule has 0 saturated heterocycles. The number of hydrogen-bond acceptors (Lipinski definition) is 6. The predicted molar refractivity (Wildman–Crippen MR) is 123 cm³/mol. The van der Waals surface area contributed by atoms with E-state index in [1.165, 1.54) is 0 Å². The Morgan fingerprint density at radius 1 is 1.17 bits per heavy atom. The highest BCUT2D eigenvalue weighted by Crippen LogP contribution is 2.39. The normalized spacial score (nSPS) is 12.1. The molecule has 3 heterocycles. The molecule has 0 atom stereocenters. The molecule has 4 rings (SSSR count). The average Bonchev–Trinajstić information content (AvgIpc) is 3.27. The third kappa shape index (κ3) is 4.14. The van der Waals surface area contributed by atoms with Gasteiger partial charge in [-0.2, -0.15) is 0 Å². The van der Waals surface area contributed by atoms with Gasteiger partial charge >= 0.3 is 0 Å². The molecule has 0 radical (unpaired) electrons. The van der Waals surface area contributed by atoms with Gasteiger partial charge in [0, 0.05) is 43.5 Å². The van der Waals surface area contributed by atoms with Crippen molar-refractivity contribution in [2.24, 2.45) is 0 Å². The Hall–Kier alpha value is -2.42. The number of methoxy groups -OCH3 is 1. The van der Waals surface area contributed by atoms with Crippen LogP contribution in [0.2, 0.25) is 25.7 Å². The van der Waals surface area contributed by atoms with Crippen molar-refractivity contribution in [3.05, 3.63) is 36.0 Å². The third-order valence-electron chi connectivity index (χ3n) is 4.91. The first-order chi connectivity index (χ1) is 13.9. The molecule has 0 amide bonds. The molecule has 0 unspecified atom stereocenters. The molecule has 8 heteroatoms. The maximum absolute atomic E-state index is 5.99. The van der Waals surface area contributed by atoms with Crippen molar-refractivity contribution in [2.75, 3.05) is 19.5 Å². The fraction of sp³-hybridized carbons (Fsp3) is 0.333. The third-order valence-corrected chi connectivity index (χ3v) is 7.41. The number of fused-ring (bicyclic) bond motifs is 2. The van der Waals surface area contributed by atoms with E-state index >= 15 is 0 Å². The van der Waals surface area contributed by atoms with Gasteiger partial charge in [0.15, 0.2) is 0 Å². The van der Waals surface area contributed by atoms with Gasteiger partial charge in [-0.15, -0.1) is 11.3 Å². The van der Waals surface area contributed by atoms with Gasteiger partial charge in [-0.05, 0) is 24.2 Å². The lowest BCUT2D eigenvalue weighted by molar-refractivity contribution is 0.0899. The zero-order valence-electron chi connectivity index (χ0n) is 17.2. The molecule has 0 aliphatic heterocycles. The molecule has 0 aliphatic rings. The second-order valence-corrected chi connectivity index (χ2v) is 14.8. The molecule has 1 aromatic carbocycles. The molecule has 0 spiro atoms. The Balaban J connectivity index is 1.75. The molecule has 0 aliphatic carbocycles. The molecular weight excluding hydrogens is 400 g/mol. The molecular formula is C21H26N4O2SSi. The highest BCUT2D eigenvalue weighted by Gasteiger charge is 2.18. The van der Waals surface area contributed by atoms with Crippen LogP contribution in [0, 0.1) is 0 Å². The van der Waals surface area contributed by atoms with E-state index in [0.717, 1.165) is 50.8 Å². The topological polar surface area (TPSA) is 75.2 Å². The molecule has 152 valence electrons. The van der Waals surface area contributed by atoms with Gasteiger partial charge in [0.2, 0.25) is 0 Å². The summed E-state index contributed by atoms with van der Waals surface area (Å²) in [6.07, 6.45) is 2.08. The molecule has 4 aromatic rings. The van der Waals surface area contributed by atoms with Crippen LogP contribution in [-0.2, 0) is 11.5 Å². The number of benzene rings is 1. The van der Waals surface area contributed by atoms with Gasteiger partial charge in [0.25, 0.3) is 0 Å². The zero-order valence-corrected chi connectivity index (χ0v) is 19.0. The van der Waals surface area contributed by atoms with Crippen LogP contribution in [0.25, 0.3) is 32.4 Å². The van der Waals surface area contributed by atoms with Crippen LogP contribution in [-0.4, -0.2) is 36.3 Å². The summed E-state index contributed by atoms with van der Waals surface area (Å²) in [5.74, 6) is 1.29. The summed E-state index contributed by atoms with van der Waals surface area (Å²) in [4.78, 5) is 8.97. The average molecular weight is 427 g/mol. The van der Waals surface area contributed by atoms with E-state index in [0.29, 0.717) is 12.5 Å². The number of hydrogen-bond donors (Lipinski definition) is 1. The Morgan fingerprint density at radius 3 is 2.76 bits per heavy atom. The predicted octanol–water partition coefficient (Wildman–Crippen LogP) is 5.22. The van der Waals surface area contributed by atoms with Gasteiger partial charge in [-0.25, -0.2) is 9.97 Å². The number of anilines is 1. The van der Waals surface area contributed by atoms with Crippen LogP contribution in [0.5, 0.6) is 5.75 Å². The minimum atomic E-state index is -1.13. The Kier molecular flexibility index (Phi) is 5.33. The number of thiazole rings is 1. The highest BCUT2D eigenvalue weighted by atomic mass is 32.1. The molecule has 0 bridgehead atoms. The van der Waals surface area contributed by atoms with E-state index in [-0.39, 0.29) is 0 Å². The fourth-order valence-corrected chi connectivity index (χ4v) is 4.75. The van der Waals surface area contributed by atoms with Crippen molar-refractivity contribution in [2.45, 2.75) is 32.4 Å². The van der Waals surface area contributed by atoms with Gasteiger partial charge in [0.05, 0.1) is 22.8 Å². The number of nitrogens with zero attached hydrogens (tertiary/aromatic N) is 3. The number of pyridine rings is 1. The summed E-state index contributed by atoms with van der Waals surface area (Å²) in [6, 6.07) is 9.10. The number of rotatable bonds is 7. The summed E-state index contributed by atoms with van der Waals surface area (Å²) in [6.45, 7) is 8.25. The first kappa shape index (κ1) is 19.9. The lowest BCUT2D eigenvalue weighted by atomic mass is 10.0. The smallest absolute Gasteiger partial charge is 0.144 e. The van der Waals surface area contributed by atoms with Crippen LogP contribution in [0.15, 0.2) is 36.0 Å². The van der Waals surface area contributed by atoms with Crippen molar-refractivity contribution in [1.29, 1.82) is 0 Å². The maximum atomic E-state index is 5.99. The quantitative estimate of drug-likeness (QED) is 0.324. The highest BCUT2D eigenvalue weighted by molar-refractivity contribution is 7.16. The molecule has 29 heavy (non-hydrogen) atoms. The summed E-state index contributed by atoms with van der Waals surface area (Å²) in [7, 11) is 0.558. The van der Waals surface area contributed by atoms with Crippen molar-refractivity contribution in [3.63, 3.8) is 0 Å². The van der Waals surface area contributed by atoms with Crippen molar-refractivity contribution >= 4 is 46.5 Å². The lowest BCUT2D eigenvalue weighted by Crippen LogP contribution is -2.22. The van der Waals surface area contributed by atoms with Crippen LogP contribution < -0.4 is 10.5 Å². The maximum Gasteiger partial charge on any atom is 0.144 e. The van der Waals surface area contributed by atoms with E-state index < -0.39 is 8.07 Å². The van der Waals surface area contributed by atoms with Crippen molar-refractivity contribution in [3.8, 4) is 16.9 Å². The molecule has 3 aromatic heterocycles. The monoisotopic (exact) mass is 426 g/mol. The summed E-state index contributed by atoms with van der Waals surface area (Å²) >= 11 is 1.62. The van der Waals surface area contributed by atoms with E-state index in [1.54, 1.807) is 18.4 Å². The second kappa shape index (κ2) is 7.77. The zero-order chi connectivity index (χ0) is 20.6. The molecule has 6 nitrogen and oxygen atoms in total. The van der Waals surface area contributed by atoms with Crippen LogP contribution >= 0.6 is 11.3 Å². The number of nitrogens with two attached hydrogens (primary N) is 1. The number of aromatic nitrogens is 3. The Labute approximate surface area is 175 Å². The first-order valence-corrected chi connectivity index (χ1v) is 14.2. The van der Waals surface area contributed by atoms with Crippen LogP contribution in [0.3, 0.4) is 0 Å². The fourth-order valence-electron chi connectivity index (χ4n) is 3.30. The minimum absolute atomic E-state index is 0.447. The van der Waals surface area contributed by atoms with Crippen molar-refractivity contribution in [1.82, 2.24) is 14.5 Å². The van der Waals surface area contributed by atoms with E-state index in [2.05, 4.69) is 41.9 Å². The minimum Gasteiger partial charge on any atom is -0.496 e. The molecule has 0 fully saturated rings. The van der Waals surface area contributed by atoms with Crippen LogP contribution in [0.4, 0.5) is 5.82 Å². The summed E-state index contributed by atoms with van der Waals surface area (Å²) in [5, 5.41) is 1.02. The van der Waals surface area contributed by atoms with Crippen molar-refractivity contribution < 1.29 is 9.47 Å². The first-order valence-electron chi connectivity index (χ1n) is 9.60. The summed E-state index contributed by atoms with van der Waals surface area (Å²) in [5.41, 5.74) is 11.7. The summed E-state index contributed by atoms with van der Waals surface area (Å²) < 4.78 is 14.8. The van der Waals surface area contributed by atoms with Gasteiger partial charge < -0.3 is 19.8 Å². The largest absolute Gasteiger partial charge is 0.496 e. The number of ether oxygens (including phenoxy) is 2. The Morgan fingerprint density at radius 2 is 2.00 bits per heavy atom. The van der Waals surface area contributed by atoms with E-state index in [4.69, 9.17) is 15.2 Å². The molecule has 0 saturated carbocycles. The van der Waals surface area contributed by atoms with Gasteiger partial charge in [-0.3, -0.25) is 0 Å².